The van der Waals surface area contributed by atoms with Gasteiger partial charge in [-0.25, -0.2) is 0 Å². The highest BCUT2D eigenvalue weighted by atomic mass is 16.3. The van der Waals surface area contributed by atoms with E-state index >= 15 is 0 Å². The molecule has 0 aromatic heterocycles. The summed E-state index contributed by atoms with van der Waals surface area (Å²) in [6.45, 7) is 1.66. The Balaban J connectivity index is 2.10. The number of carbonyl (C=O) groups is 1. The Morgan fingerprint density at radius 1 is 1.67 bits per heavy atom. The number of nitrogens with one attached hydrogen (secondary N) is 2. The van der Waals surface area contributed by atoms with Gasteiger partial charge in [0, 0.05) is 13.2 Å². The average Bonchev–Trinajstić information content (AvgIpc) is 2.56. The summed E-state index contributed by atoms with van der Waals surface area (Å²) >= 11 is 0. The predicted octanol–water partition coefficient (Wildman–Crippen LogP) is -0.763. The zero-order chi connectivity index (χ0) is 8.81. The molecule has 1 amide bonds. The smallest absolute Gasteiger partial charge is 0.237 e. The lowest BCUT2D eigenvalue weighted by Crippen LogP contribution is -2.40. The number of amides is 1. The van der Waals surface area contributed by atoms with Gasteiger partial charge < -0.3 is 15.7 Å². The average molecular weight is 172 g/mol. The molecule has 4 heteroatoms. The van der Waals surface area contributed by atoms with Crippen LogP contribution in [0.3, 0.4) is 0 Å². The van der Waals surface area contributed by atoms with Crippen LogP contribution >= 0.6 is 0 Å². The first-order chi connectivity index (χ1) is 5.84. The zero-order valence-electron chi connectivity index (χ0n) is 7.18. The molecule has 0 bridgehead atoms. The summed E-state index contributed by atoms with van der Waals surface area (Å²) in [6, 6.07) is 0.00342. The van der Waals surface area contributed by atoms with Crippen molar-refractivity contribution >= 4 is 5.91 Å². The van der Waals surface area contributed by atoms with Crippen LogP contribution in [0.2, 0.25) is 0 Å². The van der Waals surface area contributed by atoms with Crippen molar-refractivity contribution in [1.29, 1.82) is 0 Å². The summed E-state index contributed by atoms with van der Waals surface area (Å²) < 4.78 is 0. The van der Waals surface area contributed by atoms with Crippen molar-refractivity contribution in [2.45, 2.75) is 25.3 Å². The second kappa shape index (κ2) is 5.11. The molecule has 1 atom stereocenters. The fourth-order valence-electron chi connectivity index (χ4n) is 1.32. The first-order valence-corrected chi connectivity index (χ1v) is 4.46. The Morgan fingerprint density at radius 3 is 3.08 bits per heavy atom. The van der Waals surface area contributed by atoms with Gasteiger partial charge >= 0.3 is 0 Å². The molecule has 0 aromatic carbocycles. The second-order valence-electron chi connectivity index (χ2n) is 3.02. The Kier molecular flexibility index (Phi) is 4.04. The van der Waals surface area contributed by atoms with Gasteiger partial charge in [-0.05, 0) is 25.8 Å². The summed E-state index contributed by atoms with van der Waals surface area (Å²) in [4.78, 5) is 11.3. The maximum atomic E-state index is 11.3. The third-order valence-electron chi connectivity index (χ3n) is 2.01. The summed E-state index contributed by atoms with van der Waals surface area (Å²) in [5.41, 5.74) is 0. The van der Waals surface area contributed by atoms with Gasteiger partial charge in [0.25, 0.3) is 0 Å². The minimum Gasteiger partial charge on any atom is -0.396 e. The number of rotatable bonds is 4. The highest BCUT2D eigenvalue weighted by molar-refractivity contribution is 5.81. The topological polar surface area (TPSA) is 61.4 Å². The molecule has 4 nitrogen and oxygen atoms in total. The van der Waals surface area contributed by atoms with Crippen molar-refractivity contribution in [1.82, 2.24) is 10.6 Å². The highest BCUT2D eigenvalue weighted by Crippen LogP contribution is 2.03. The van der Waals surface area contributed by atoms with E-state index in [-0.39, 0.29) is 18.6 Å². The van der Waals surface area contributed by atoms with Gasteiger partial charge in [0.2, 0.25) is 5.91 Å². The van der Waals surface area contributed by atoms with Crippen LogP contribution in [0, 0.1) is 0 Å². The lowest BCUT2D eigenvalue weighted by molar-refractivity contribution is -0.122. The van der Waals surface area contributed by atoms with E-state index < -0.39 is 0 Å². The molecule has 12 heavy (non-hydrogen) atoms. The first kappa shape index (κ1) is 9.48. The number of aliphatic hydroxyl groups is 1. The van der Waals surface area contributed by atoms with Crippen LogP contribution in [0.4, 0.5) is 0 Å². The van der Waals surface area contributed by atoms with E-state index in [2.05, 4.69) is 10.6 Å². The quantitative estimate of drug-likeness (QED) is 0.488. The standard InChI is InChI=1S/C8H16N2O2/c11-6-2-5-10-8(12)7-3-1-4-9-7/h7,9,11H,1-6H2,(H,10,12). The molecule has 0 radical (unpaired) electrons. The number of aliphatic hydroxyl groups excluding tert-OH is 1. The van der Waals surface area contributed by atoms with E-state index in [1.807, 2.05) is 0 Å². The molecule has 0 aromatic rings. The molecule has 1 heterocycles. The van der Waals surface area contributed by atoms with Gasteiger partial charge in [0.1, 0.15) is 0 Å². The van der Waals surface area contributed by atoms with E-state index in [0.717, 1.165) is 19.4 Å². The molecule has 1 saturated heterocycles. The van der Waals surface area contributed by atoms with Crippen LogP contribution in [0.25, 0.3) is 0 Å². The lowest BCUT2D eigenvalue weighted by Gasteiger charge is -2.09. The third-order valence-corrected chi connectivity index (χ3v) is 2.01. The molecule has 1 fully saturated rings. The summed E-state index contributed by atoms with van der Waals surface area (Å²) in [5, 5.41) is 14.4. The predicted molar refractivity (Wildman–Crippen MR) is 45.7 cm³/mol. The van der Waals surface area contributed by atoms with Crippen molar-refractivity contribution in [3.05, 3.63) is 0 Å². The number of carbonyl (C=O) groups excluding carboxylic acids is 1. The molecule has 0 spiro atoms. The Hall–Kier alpha value is -0.610. The fraction of sp³-hybridized carbons (Fsp3) is 0.875. The van der Waals surface area contributed by atoms with Crippen molar-refractivity contribution in [2.75, 3.05) is 19.7 Å². The second-order valence-corrected chi connectivity index (χ2v) is 3.02. The van der Waals surface area contributed by atoms with Crippen LogP contribution in [-0.4, -0.2) is 36.8 Å². The van der Waals surface area contributed by atoms with Gasteiger partial charge in [-0.1, -0.05) is 0 Å². The van der Waals surface area contributed by atoms with Crippen molar-refractivity contribution < 1.29 is 9.90 Å². The molecular weight excluding hydrogens is 156 g/mol. The molecule has 3 N–H and O–H groups in total. The lowest BCUT2D eigenvalue weighted by atomic mass is 10.2. The Bertz CT molecular complexity index is 144. The molecular formula is C8H16N2O2. The zero-order valence-corrected chi connectivity index (χ0v) is 7.18. The van der Waals surface area contributed by atoms with Crippen molar-refractivity contribution in [3.8, 4) is 0 Å². The normalized spacial score (nSPS) is 22.6. The van der Waals surface area contributed by atoms with E-state index in [1.165, 1.54) is 0 Å². The van der Waals surface area contributed by atoms with Gasteiger partial charge in [-0.2, -0.15) is 0 Å². The minimum atomic E-state index is 0.00342. The van der Waals surface area contributed by atoms with Gasteiger partial charge in [-0.15, -0.1) is 0 Å². The first-order valence-electron chi connectivity index (χ1n) is 4.46. The van der Waals surface area contributed by atoms with Crippen molar-refractivity contribution in [2.24, 2.45) is 0 Å². The van der Waals surface area contributed by atoms with E-state index in [4.69, 9.17) is 5.11 Å². The van der Waals surface area contributed by atoms with Gasteiger partial charge in [0.15, 0.2) is 0 Å². The minimum absolute atomic E-state index is 0.00342. The molecule has 1 rings (SSSR count). The van der Waals surface area contributed by atoms with Crippen molar-refractivity contribution in [3.63, 3.8) is 0 Å². The molecule has 1 unspecified atom stereocenters. The van der Waals surface area contributed by atoms with E-state index in [9.17, 15) is 4.79 Å². The summed E-state index contributed by atoms with van der Waals surface area (Å²) in [5.74, 6) is 0.0703. The van der Waals surface area contributed by atoms with Crippen LogP contribution in [0.1, 0.15) is 19.3 Å². The van der Waals surface area contributed by atoms with E-state index in [1.54, 1.807) is 0 Å². The fourth-order valence-corrected chi connectivity index (χ4v) is 1.32. The maximum absolute atomic E-state index is 11.3. The molecule has 0 saturated carbocycles. The number of hydrogen-bond donors (Lipinski definition) is 3. The SMILES string of the molecule is O=C(NCCCO)C1CCCN1. The molecule has 70 valence electrons. The van der Waals surface area contributed by atoms with Crippen LogP contribution < -0.4 is 10.6 Å². The molecule has 0 aliphatic carbocycles. The largest absolute Gasteiger partial charge is 0.396 e. The van der Waals surface area contributed by atoms with E-state index in [0.29, 0.717) is 13.0 Å². The van der Waals surface area contributed by atoms with Gasteiger partial charge in [0.05, 0.1) is 6.04 Å². The maximum Gasteiger partial charge on any atom is 0.237 e. The molecule has 1 aliphatic rings. The summed E-state index contributed by atoms with van der Waals surface area (Å²) in [6.07, 6.45) is 2.65. The Labute approximate surface area is 72.3 Å². The van der Waals surface area contributed by atoms with Crippen LogP contribution in [-0.2, 0) is 4.79 Å². The van der Waals surface area contributed by atoms with Crippen LogP contribution in [0.15, 0.2) is 0 Å². The van der Waals surface area contributed by atoms with Crippen LogP contribution in [0.5, 0.6) is 0 Å². The summed E-state index contributed by atoms with van der Waals surface area (Å²) in [7, 11) is 0. The monoisotopic (exact) mass is 172 g/mol. The highest BCUT2D eigenvalue weighted by Gasteiger charge is 2.20. The molecule has 1 aliphatic heterocycles. The number of hydrogen-bond acceptors (Lipinski definition) is 3. The Morgan fingerprint density at radius 2 is 2.50 bits per heavy atom. The third kappa shape index (κ3) is 2.79. The van der Waals surface area contributed by atoms with Gasteiger partial charge in [-0.3, -0.25) is 4.79 Å².